The molecule has 0 aliphatic carbocycles. The van der Waals surface area contributed by atoms with Crippen LogP contribution in [0.1, 0.15) is 11.4 Å². The van der Waals surface area contributed by atoms with Gasteiger partial charge in [0.15, 0.2) is 5.65 Å². The molecular formula is C18H18N6. The predicted octanol–water partition coefficient (Wildman–Crippen LogP) is 2.25. The summed E-state index contributed by atoms with van der Waals surface area (Å²) in [5, 5.41) is 16.2. The highest BCUT2D eigenvalue weighted by atomic mass is 15.3. The van der Waals surface area contributed by atoms with Crippen LogP contribution in [0.15, 0.2) is 67.1 Å². The van der Waals surface area contributed by atoms with Crippen LogP contribution in [0.25, 0.3) is 11.3 Å². The van der Waals surface area contributed by atoms with E-state index in [0.29, 0.717) is 0 Å². The van der Waals surface area contributed by atoms with Crippen LogP contribution in [-0.2, 0) is 13.0 Å². The molecule has 0 atom stereocenters. The summed E-state index contributed by atoms with van der Waals surface area (Å²) in [5.41, 5.74) is 3.20. The highest BCUT2D eigenvalue weighted by molar-refractivity contribution is 5.40. The van der Waals surface area contributed by atoms with Crippen LogP contribution >= 0.6 is 0 Å². The number of aromatic nitrogens is 5. The molecule has 1 aromatic carbocycles. The lowest BCUT2D eigenvalue weighted by molar-refractivity contribution is 0.662. The van der Waals surface area contributed by atoms with Crippen LogP contribution < -0.4 is 5.32 Å². The third-order valence-electron chi connectivity index (χ3n) is 3.97. The average Bonchev–Trinajstić information content (AvgIpc) is 3.29. The van der Waals surface area contributed by atoms with E-state index in [1.807, 2.05) is 51.8 Å². The molecule has 0 spiro atoms. The molecule has 3 heterocycles. The molecular weight excluding hydrogens is 300 g/mol. The molecule has 0 bridgehead atoms. The highest BCUT2D eigenvalue weighted by Crippen LogP contribution is 2.13. The van der Waals surface area contributed by atoms with Crippen LogP contribution in [0.2, 0.25) is 0 Å². The van der Waals surface area contributed by atoms with Gasteiger partial charge in [0.05, 0.1) is 5.69 Å². The normalized spacial score (nSPS) is 11.2. The van der Waals surface area contributed by atoms with Gasteiger partial charge in [0, 0.05) is 38.1 Å². The zero-order valence-electron chi connectivity index (χ0n) is 13.2. The SMILES string of the molecule is c1ccc(-n2cccn2)c(CNCCc2nnc3ccccn23)c1. The summed E-state index contributed by atoms with van der Waals surface area (Å²) >= 11 is 0. The Morgan fingerprint density at radius 3 is 2.75 bits per heavy atom. The van der Waals surface area contributed by atoms with Crippen LogP contribution in [0.5, 0.6) is 0 Å². The Morgan fingerprint density at radius 2 is 1.83 bits per heavy atom. The van der Waals surface area contributed by atoms with Crippen molar-refractivity contribution >= 4 is 5.65 Å². The maximum absolute atomic E-state index is 4.32. The number of benzene rings is 1. The van der Waals surface area contributed by atoms with E-state index < -0.39 is 0 Å². The molecule has 4 rings (SSSR count). The van der Waals surface area contributed by atoms with Crippen molar-refractivity contribution in [2.24, 2.45) is 0 Å². The molecule has 24 heavy (non-hydrogen) atoms. The van der Waals surface area contributed by atoms with E-state index in [2.05, 4.69) is 38.8 Å². The van der Waals surface area contributed by atoms with E-state index in [0.717, 1.165) is 36.7 Å². The summed E-state index contributed by atoms with van der Waals surface area (Å²) in [6, 6.07) is 16.1. The summed E-state index contributed by atoms with van der Waals surface area (Å²) in [7, 11) is 0. The molecule has 0 unspecified atom stereocenters. The van der Waals surface area contributed by atoms with Crippen molar-refractivity contribution in [2.75, 3.05) is 6.54 Å². The monoisotopic (exact) mass is 318 g/mol. The number of hydrogen-bond donors (Lipinski definition) is 1. The lowest BCUT2D eigenvalue weighted by Crippen LogP contribution is -2.19. The van der Waals surface area contributed by atoms with Gasteiger partial charge in [-0.15, -0.1) is 10.2 Å². The topological polar surface area (TPSA) is 60.0 Å². The molecule has 0 fully saturated rings. The molecule has 6 nitrogen and oxygen atoms in total. The third kappa shape index (κ3) is 2.91. The molecule has 4 aromatic rings. The van der Waals surface area contributed by atoms with Crippen LogP contribution in [0, 0.1) is 0 Å². The summed E-state index contributed by atoms with van der Waals surface area (Å²) in [6.45, 7) is 1.62. The molecule has 0 radical (unpaired) electrons. The summed E-state index contributed by atoms with van der Waals surface area (Å²) < 4.78 is 3.92. The zero-order chi connectivity index (χ0) is 16.2. The number of hydrogen-bond acceptors (Lipinski definition) is 4. The van der Waals surface area contributed by atoms with Gasteiger partial charge in [-0.1, -0.05) is 24.3 Å². The van der Waals surface area contributed by atoms with Gasteiger partial charge in [0.25, 0.3) is 0 Å². The Labute approximate surface area is 139 Å². The Morgan fingerprint density at radius 1 is 0.917 bits per heavy atom. The fraction of sp³-hybridized carbons (Fsp3) is 0.167. The van der Waals surface area contributed by atoms with Crippen molar-refractivity contribution < 1.29 is 0 Å². The smallest absolute Gasteiger partial charge is 0.160 e. The first kappa shape index (κ1) is 14.6. The minimum Gasteiger partial charge on any atom is -0.312 e. The second-order valence-corrected chi connectivity index (χ2v) is 5.55. The second kappa shape index (κ2) is 6.64. The summed E-state index contributed by atoms with van der Waals surface area (Å²) in [4.78, 5) is 0. The van der Waals surface area contributed by atoms with Crippen LogP contribution in [-0.4, -0.2) is 30.9 Å². The first-order valence-electron chi connectivity index (χ1n) is 7.99. The number of pyridine rings is 1. The highest BCUT2D eigenvalue weighted by Gasteiger charge is 2.06. The van der Waals surface area contributed by atoms with Crippen molar-refractivity contribution in [3.8, 4) is 5.69 Å². The van der Waals surface area contributed by atoms with Crippen molar-refractivity contribution in [2.45, 2.75) is 13.0 Å². The molecule has 120 valence electrons. The Bertz CT molecular complexity index is 926. The van der Waals surface area contributed by atoms with Crippen molar-refractivity contribution in [1.29, 1.82) is 0 Å². The van der Waals surface area contributed by atoms with E-state index in [-0.39, 0.29) is 0 Å². The van der Waals surface area contributed by atoms with E-state index in [1.165, 1.54) is 5.56 Å². The maximum atomic E-state index is 4.32. The molecule has 3 aromatic heterocycles. The Hall–Kier alpha value is -2.99. The number of nitrogens with zero attached hydrogens (tertiary/aromatic N) is 5. The molecule has 6 heteroatoms. The van der Waals surface area contributed by atoms with Gasteiger partial charge in [0.1, 0.15) is 5.82 Å². The lowest BCUT2D eigenvalue weighted by atomic mass is 10.1. The fourth-order valence-electron chi connectivity index (χ4n) is 2.78. The zero-order valence-corrected chi connectivity index (χ0v) is 13.2. The van der Waals surface area contributed by atoms with Gasteiger partial charge in [-0.05, 0) is 29.8 Å². The fourth-order valence-corrected chi connectivity index (χ4v) is 2.78. The molecule has 0 aliphatic rings. The van der Waals surface area contributed by atoms with Gasteiger partial charge in [-0.2, -0.15) is 5.10 Å². The van der Waals surface area contributed by atoms with Gasteiger partial charge in [-0.3, -0.25) is 4.40 Å². The van der Waals surface area contributed by atoms with Crippen molar-refractivity contribution in [1.82, 2.24) is 29.7 Å². The van der Waals surface area contributed by atoms with Gasteiger partial charge < -0.3 is 5.32 Å². The van der Waals surface area contributed by atoms with Crippen molar-refractivity contribution in [3.05, 3.63) is 78.5 Å². The van der Waals surface area contributed by atoms with E-state index >= 15 is 0 Å². The maximum Gasteiger partial charge on any atom is 0.160 e. The average molecular weight is 318 g/mol. The van der Waals surface area contributed by atoms with Gasteiger partial charge >= 0.3 is 0 Å². The van der Waals surface area contributed by atoms with E-state index in [9.17, 15) is 0 Å². The van der Waals surface area contributed by atoms with E-state index in [4.69, 9.17) is 0 Å². The quantitative estimate of drug-likeness (QED) is 0.554. The predicted molar refractivity (Wildman–Crippen MR) is 92.0 cm³/mol. The van der Waals surface area contributed by atoms with Gasteiger partial charge in [0.2, 0.25) is 0 Å². The molecule has 0 saturated carbocycles. The van der Waals surface area contributed by atoms with E-state index in [1.54, 1.807) is 6.20 Å². The van der Waals surface area contributed by atoms with Gasteiger partial charge in [-0.25, -0.2) is 4.68 Å². The first-order chi connectivity index (χ1) is 11.9. The standard InChI is InChI=1S/C18H18N6/c1-2-7-16(24-13-5-10-20-24)15(6-1)14-19-11-9-18-22-21-17-8-3-4-12-23(17)18/h1-8,10,12-13,19H,9,11,14H2. The lowest BCUT2D eigenvalue weighted by Gasteiger charge is -2.10. The minimum absolute atomic E-state index is 0.784. The Kier molecular flexibility index (Phi) is 4.04. The minimum atomic E-state index is 0.784. The number of para-hydroxylation sites is 1. The Balaban J connectivity index is 1.40. The van der Waals surface area contributed by atoms with Crippen LogP contribution in [0.3, 0.4) is 0 Å². The number of fused-ring (bicyclic) bond motifs is 1. The molecule has 0 aliphatic heterocycles. The molecule has 0 saturated heterocycles. The van der Waals surface area contributed by atoms with Crippen LogP contribution in [0.4, 0.5) is 0 Å². The largest absolute Gasteiger partial charge is 0.312 e. The summed E-state index contributed by atoms with van der Waals surface area (Å²) in [6.07, 6.45) is 6.58. The van der Waals surface area contributed by atoms with Crippen molar-refractivity contribution in [3.63, 3.8) is 0 Å². The summed E-state index contributed by atoms with van der Waals surface area (Å²) in [5.74, 6) is 0.971. The number of nitrogens with one attached hydrogen (secondary N) is 1. The molecule has 1 N–H and O–H groups in total. The number of rotatable bonds is 6. The molecule has 0 amide bonds. The first-order valence-corrected chi connectivity index (χ1v) is 7.99. The second-order valence-electron chi connectivity index (χ2n) is 5.55. The third-order valence-corrected chi connectivity index (χ3v) is 3.97.